The van der Waals surface area contributed by atoms with E-state index in [1.165, 1.54) is 0 Å². The lowest BCUT2D eigenvalue weighted by Crippen LogP contribution is -2.42. The quantitative estimate of drug-likeness (QED) is 0.696. The van der Waals surface area contributed by atoms with Crippen molar-refractivity contribution in [3.63, 3.8) is 0 Å². The molecule has 0 fully saturated rings. The molecule has 1 rings (SSSR count). The SMILES string of the molecule is CN(C)c1ccc(C(=O)NC(CC(=O)O)C(=O)O)cc1. The fourth-order valence-electron chi connectivity index (χ4n) is 1.53. The molecule has 0 saturated carbocycles. The summed E-state index contributed by atoms with van der Waals surface area (Å²) < 4.78 is 0. The molecule has 1 aromatic carbocycles. The number of carboxylic acids is 2. The molecule has 0 aliphatic rings. The number of carbonyl (C=O) groups excluding carboxylic acids is 1. The van der Waals surface area contributed by atoms with Crippen LogP contribution in [0.15, 0.2) is 24.3 Å². The van der Waals surface area contributed by atoms with Gasteiger partial charge in [0.05, 0.1) is 6.42 Å². The largest absolute Gasteiger partial charge is 0.481 e. The molecule has 1 aromatic rings. The van der Waals surface area contributed by atoms with Crippen LogP contribution in [0.5, 0.6) is 0 Å². The minimum absolute atomic E-state index is 0.271. The number of nitrogens with one attached hydrogen (secondary N) is 1. The van der Waals surface area contributed by atoms with Gasteiger partial charge in [0.1, 0.15) is 6.04 Å². The number of aliphatic carboxylic acids is 2. The van der Waals surface area contributed by atoms with Crippen molar-refractivity contribution in [2.24, 2.45) is 0 Å². The molecule has 0 radical (unpaired) electrons. The van der Waals surface area contributed by atoms with Crippen molar-refractivity contribution in [3.05, 3.63) is 29.8 Å². The van der Waals surface area contributed by atoms with Crippen LogP contribution in [0.3, 0.4) is 0 Å². The third-order valence-corrected chi connectivity index (χ3v) is 2.63. The zero-order valence-corrected chi connectivity index (χ0v) is 11.2. The first kappa shape index (κ1) is 15.5. The minimum atomic E-state index is -1.45. The van der Waals surface area contributed by atoms with E-state index in [0.717, 1.165) is 5.69 Å². The summed E-state index contributed by atoms with van der Waals surface area (Å²) in [6.45, 7) is 0. The Labute approximate surface area is 115 Å². The van der Waals surface area contributed by atoms with Gasteiger partial charge < -0.3 is 20.4 Å². The number of anilines is 1. The van der Waals surface area contributed by atoms with Crippen molar-refractivity contribution in [1.29, 1.82) is 0 Å². The van der Waals surface area contributed by atoms with Gasteiger partial charge in [-0.1, -0.05) is 0 Å². The van der Waals surface area contributed by atoms with E-state index in [9.17, 15) is 14.4 Å². The number of hydrogen-bond acceptors (Lipinski definition) is 4. The number of benzene rings is 1. The van der Waals surface area contributed by atoms with Crippen molar-refractivity contribution >= 4 is 23.5 Å². The lowest BCUT2D eigenvalue weighted by Gasteiger charge is -2.14. The third kappa shape index (κ3) is 4.27. The van der Waals surface area contributed by atoms with E-state index < -0.39 is 30.3 Å². The maximum absolute atomic E-state index is 11.8. The van der Waals surface area contributed by atoms with Crippen LogP contribution in [0.1, 0.15) is 16.8 Å². The van der Waals surface area contributed by atoms with Gasteiger partial charge in [-0.25, -0.2) is 4.79 Å². The number of carboxylic acid groups (broad SMARTS) is 2. The summed E-state index contributed by atoms with van der Waals surface area (Å²) in [6, 6.07) is 5.06. The van der Waals surface area contributed by atoms with Crippen LogP contribution in [0.25, 0.3) is 0 Å². The number of rotatable bonds is 6. The van der Waals surface area contributed by atoms with Crippen LogP contribution >= 0.6 is 0 Å². The van der Waals surface area contributed by atoms with E-state index in [1.807, 2.05) is 19.0 Å². The second-order valence-corrected chi connectivity index (χ2v) is 4.40. The van der Waals surface area contributed by atoms with Crippen molar-refractivity contribution in [3.8, 4) is 0 Å². The van der Waals surface area contributed by atoms with Gasteiger partial charge in [-0.15, -0.1) is 0 Å². The first-order valence-corrected chi connectivity index (χ1v) is 5.84. The molecular formula is C13H16N2O5. The summed E-state index contributed by atoms with van der Waals surface area (Å²) in [4.78, 5) is 35.1. The van der Waals surface area contributed by atoms with Gasteiger partial charge in [-0.2, -0.15) is 0 Å². The molecule has 0 bridgehead atoms. The summed E-state index contributed by atoms with van der Waals surface area (Å²) >= 11 is 0. The molecule has 108 valence electrons. The normalized spacial score (nSPS) is 11.5. The van der Waals surface area contributed by atoms with Crippen molar-refractivity contribution < 1.29 is 24.6 Å². The van der Waals surface area contributed by atoms with Gasteiger partial charge >= 0.3 is 11.9 Å². The predicted molar refractivity (Wildman–Crippen MR) is 71.9 cm³/mol. The average Bonchev–Trinajstić information content (AvgIpc) is 2.37. The maximum atomic E-state index is 11.8. The van der Waals surface area contributed by atoms with Gasteiger partial charge in [0.25, 0.3) is 5.91 Å². The molecule has 0 aliphatic carbocycles. The zero-order valence-electron chi connectivity index (χ0n) is 11.2. The molecule has 0 saturated heterocycles. The molecule has 0 aliphatic heterocycles. The van der Waals surface area contributed by atoms with E-state index in [2.05, 4.69) is 5.32 Å². The summed E-state index contributed by atoms with van der Waals surface area (Å²) in [6.07, 6.45) is -0.670. The highest BCUT2D eigenvalue weighted by atomic mass is 16.4. The van der Waals surface area contributed by atoms with Gasteiger partial charge in [-0.3, -0.25) is 9.59 Å². The van der Waals surface area contributed by atoms with Crippen LogP contribution in [0, 0.1) is 0 Å². The average molecular weight is 280 g/mol. The second-order valence-electron chi connectivity index (χ2n) is 4.40. The Morgan fingerprint density at radius 3 is 2.10 bits per heavy atom. The smallest absolute Gasteiger partial charge is 0.326 e. The fraction of sp³-hybridized carbons (Fsp3) is 0.308. The van der Waals surface area contributed by atoms with E-state index in [-0.39, 0.29) is 5.56 Å². The Kier molecular flexibility index (Phi) is 5.08. The van der Waals surface area contributed by atoms with Crippen LogP contribution in [0.4, 0.5) is 5.69 Å². The number of carbonyl (C=O) groups is 3. The molecular weight excluding hydrogens is 264 g/mol. The van der Waals surface area contributed by atoms with Crippen LogP contribution in [-0.2, 0) is 9.59 Å². The van der Waals surface area contributed by atoms with Crippen LogP contribution in [0.2, 0.25) is 0 Å². The van der Waals surface area contributed by atoms with E-state index in [1.54, 1.807) is 24.3 Å². The Balaban J connectivity index is 2.78. The zero-order chi connectivity index (χ0) is 15.3. The lowest BCUT2D eigenvalue weighted by molar-refractivity contribution is -0.145. The minimum Gasteiger partial charge on any atom is -0.481 e. The van der Waals surface area contributed by atoms with Gasteiger partial charge in [0.2, 0.25) is 0 Å². The molecule has 20 heavy (non-hydrogen) atoms. The molecule has 1 unspecified atom stereocenters. The summed E-state index contributed by atoms with van der Waals surface area (Å²) in [5.74, 6) is -3.30. The van der Waals surface area contributed by atoms with E-state index in [0.29, 0.717) is 0 Å². The van der Waals surface area contributed by atoms with Crippen LogP contribution in [-0.4, -0.2) is 48.2 Å². The Bertz CT molecular complexity index is 510. The molecule has 1 atom stereocenters. The summed E-state index contributed by atoms with van der Waals surface area (Å²) in [5, 5.41) is 19.6. The topological polar surface area (TPSA) is 107 Å². The Morgan fingerprint density at radius 1 is 1.15 bits per heavy atom. The first-order valence-electron chi connectivity index (χ1n) is 5.84. The molecule has 7 nitrogen and oxygen atoms in total. The Morgan fingerprint density at radius 2 is 1.70 bits per heavy atom. The summed E-state index contributed by atoms with van der Waals surface area (Å²) in [7, 11) is 3.70. The number of amides is 1. The number of nitrogens with zero attached hydrogens (tertiary/aromatic N) is 1. The maximum Gasteiger partial charge on any atom is 0.326 e. The fourth-order valence-corrected chi connectivity index (χ4v) is 1.53. The molecule has 0 heterocycles. The molecule has 0 spiro atoms. The summed E-state index contributed by atoms with van der Waals surface area (Å²) in [5.41, 5.74) is 1.16. The van der Waals surface area contributed by atoms with Gasteiger partial charge in [-0.05, 0) is 24.3 Å². The highest BCUT2D eigenvalue weighted by molar-refractivity contribution is 5.97. The highest BCUT2D eigenvalue weighted by Crippen LogP contribution is 2.12. The van der Waals surface area contributed by atoms with E-state index >= 15 is 0 Å². The third-order valence-electron chi connectivity index (χ3n) is 2.63. The van der Waals surface area contributed by atoms with Crippen molar-refractivity contribution in [2.45, 2.75) is 12.5 Å². The predicted octanol–water partition coefficient (Wildman–Crippen LogP) is 0.410. The number of hydrogen-bond donors (Lipinski definition) is 3. The standard InChI is InChI=1S/C13H16N2O5/c1-15(2)9-5-3-8(4-6-9)12(18)14-10(13(19)20)7-11(16)17/h3-6,10H,7H2,1-2H3,(H,14,18)(H,16,17)(H,19,20). The first-order chi connectivity index (χ1) is 9.31. The van der Waals surface area contributed by atoms with Crippen LogP contribution < -0.4 is 10.2 Å². The van der Waals surface area contributed by atoms with Gasteiger partial charge in [0.15, 0.2) is 0 Å². The monoisotopic (exact) mass is 280 g/mol. The molecule has 7 heteroatoms. The van der Waals surface area contributed by atoms with Gasteiger partial charge in [0, 0.05) is 25.3 Å². The van der Waals surface area contributed by atoms with E-state index in [4.69, 9.17) is 10.2 Å². The second kappa shape index (κ2) is 6.55. The van der Waals surface area contributed by atoms with Crippen molar-refractivity contribution in [1.82, 2.24) is 5.32 Å². The molecule has 3 N–H and O–H groups in total. The lowest BCUT2D eigenvalue weighted by atomic mass is 10.1. The molecule has 1 amide bonds. The highest BCUT2D eigenvalue weighted by Gasteiger charge is 2.23. The Hall–Kier alpha value is -2.57. The molecule has 0 aromatic heterocycles. The van der Waals surface area contributed by atoms with Crippen molar-refractivity contribution in [2.75, 3.05) is 19.0 Å².